The maximum absolute atomic E-state index is 5.13. The molecule has 0 unspecified atom stereocenters. The number of fused-ring (bicyclic) bond motifs is 1. The Morgan fingerprint density at radius 1 is 1.40 bits per heavy atom. The van der Waals surface area contributed by atoms with E-state index in [4.69, 9.17) is 4.65 Å². The molecule has 3 heteroatoms. The second-order valence-electron chi connectivity index (χ2n) is 2.17. The van der Waals surface area contributed by atoms with E-state index < -0.39 is 0 Å². The SMILES string of the molecule is B1=NCc2ccccc2O1. The van der Waals surface area contributed by atoms with Crippen molar-refractivity contribution in [3.8, 4) is 5.75 Å². The van der Waals surface area contributed by atoms with Gasteiger partial charge < -0.3 is 0 Å². The van der Waals surface area contributed by atoms with Crippen molar-refractivity contribution >= 4 is 7.27 Å². The molecule has 0 atom stereocenters. The molecule has 0 bridgehead atoms. The van der Waals surface area contributed by atoms with Crippen molar-refractivity contribution in [2.75, 3.05) is 0 Å². The molecule has 1 aromatic rings. The average Bonchev–Trinajstić information content (AvgIpc) is 2.05. The Morgan fingerprint density at radius 3 is 3.20 bits per heavy atom. The summed E-state index contributed by atoms with van der Waals surface area (Å²) < 4.78 is 5.13. The molecule has 0 saturated carbocycles. The van der Waals surface area contributed by atoms with Crippen LogP contribution >= 0.6 is 0 Å². The van der Waals surface area contributed by atoms with Crippen LogP contribution < -0.4 is 4.65 Å². The molecule has 48 valence electrons. The first-order chi connectivity index (χ1) is 4.97. The van der Waals surface area contributed by atoms with Gasteiger partial charge in [-0.05, 0) is 0 Å². The molecule has 1 aliphatic heterocycles. The van der Waals surface area contributed by atoms with Gasteiger partial charge >= 0.3 is 58.9 Å². The van der Waals surface area contributed by atoms with E-state index in [0.29, 0.717) is 0 Å². The zero-order valence-corrected chi connectivity index (χ0v) is 5.45. The summed E-state index contributed by atoms with van der Waals surface area (Å²) in [5, 5.41) is 0. The molecule has 0 N–H and O–H groups in total. The Kier molecular flexibility index (Phi) is 1.27. The normalized spacial score (nSPS) is 13.2. The first-order valence-electron chi connectivity index (χ1n) is 3.20. The van der Waals surface area contributed by atoms with Crippen LogP contribution in [-0.4, -0.2) is 7.27 Å². The van der Waals surface area contributed by atoms with Crippen LogP contribution in [0.25, 0.3) is 0 Å². The summed E-state index contributed by atoms with van der Waals surface area (Å²) in [6.07, 6.45) is 0. The Morgan fingerprint density at radius 2 is 2.30 bits per heavy atom. The number of hydrogen-bond acceptors (Lipinski definition) is 2. The summed E-state index contributed by atoms with van der Waals surface area (Å²) in [4.78, 5) is 3.97. The third kappa shape index (κ3) is 0.836. The minimum absolute atomic E-state index is 0.746. The summed E-state index contributed by atoms with van der Waals surface area (Å²) in [5.74, 6) is 0.928. The molecular formula is C7H6BNO. The fraction of sp³-hybridized carbons (Fsp3) is 0.143. The van der Waals surface area contributed by atoms with Gasteiger partial charge in [-0.25, -0.2) is 0 Å². The Balaban J connectivity index is 2.47. The summed E-state index contributed by atoms with van der Waals surface area (Å²) >= 11 is 0. The molecule has 0 radical (unpaired) electrons. The van der Waals surface area contributed by atoms with Crippen molar-refractivity contribution in [3.05, 3.63) is 29.8 Å². The van der Waals surface area contributed by atoms with Crippen LogP contribution in [0.3, 0.4) is 0 Å². The van der Waals surface area contributed by atoms with Gasteiger partial charge in [0.05, 0.1) is 0 Å². The van der Waals surface area contributed by atoms with Crippen molar-refractivity contribution in [2.45, 2.75) is 6.54 Å². The molecular weight excluding hydrogens is 125 g/mol. The van der Waals surface area contributed by atoms with Gasteiger partial charge in [-0.3, -0.25) is 0 Å². The van der Waals surface area contributed by atoms with Gasteiger partial charge in [0, 0.05) is 0 Å². The molecule has 0 saturated heterocycles. The van der Waals surface area contributed by atoms with Crippen LogP contribution in [0.15, 0.2) is 29.2 Å². The molecule has 2 rings (SSSR count). The van der Waals surface area contributed by atoms with Crippen LogP contribution in [0.2, 0.25) is 0 Å². The van der Waals surface area contributed by atoms with Gasteiger partial charge in [0.1, 0.15) is 0 Å². The second kappa shape index (κ2) is 2.25. The van der Waals surface area contributed by atoms with E-state index in [-0.39, 0.29) is 0 Å². The van der Waals surface area contributed by atoms with Crippen LogP contribution in [0, 0.1) is 0 Å². The monoisotopic (exact) mass is 131 g/mol. The minimum atomic E-state index is 0.746. The quantitative estimate of drug-likeness (QED) is 0.487. The molecule has 0 spiro atoms. The van der Waals surface area contributed by atoms with Crippen molar-refractivity contribution in [3.63, 3.8) is 0 Å². The van der Waals surface area contributed by atoms with Gasteiger partial charge in [0.15, 0.2) is 0 Å². The molecule has 2 nitrogen and oxygen atoms in total. The van der Waals surface area contributed by atoms with E-state index in [1.54, 1.807) is 0 Å². The van der Waals surface area contributed by atoms with Crippen LogP contribution in [0.4, 0.5) is 0 Å². The van der Waals surface area contributed by atoms with Gasteiger partial charge in [0.25, 0.3) is 0 Å². The predicted octanol–water partition coefficient (Wildman–Crippen LogP) is 1.38. The summed E-state index contributed by atoms with van der Waals surface area (Å²) in [6.45, 7) is 0.746. The molecule has 1 aliphatic rings. The van der Waals surface area contributed by atoms with Gasteiger partial charge in [-0.1, -0.05) is 0 Å². The van der Waals surface area contributed by atoms with Gasteiger partial charge in [0.2, 0.25) is 0 Å². The number of benzene rings is 1. The van der Waals surface area contributed by atoms with Crippen molar-refractivity contribution in [1.82, 2.24) is 0 Å². The standard InChI is InChI=1S/C7H6BNO/c1-2-4-7-6(3-1)5-9-8-10-7/h1-4H,5H2. The molecule has 10 heavy (non-hydrogen) atoms. The van der Waals surface area contributed by atoms with Crippen molar-refractivity contribution in [2.24, 2.45) is 4.90 Å². The third-order valence-corrected chi connectivity index (χ3v) is 1.49. The van der Waals surface area contributed by atoms with E-state index in [1.165, 1.54) is 7.27 Å². The molecule has 1 aromatic carbocycles. The second-order valence-corrected chi connectivity index (χ2v) is 2.17. The molecule has 0 aromatic heterocycles. The van der Waals surface area contributed by atoms with Crippen LogP contribution in [-0.2, 0) is 6.54 Å². The molecule has 0 fully saturated rings. The fourth-order valence-electron chi connectivity index (χ4n) is 0.979. The van der Waals surface area contributed by atoms with Crippen LogP contribution in [0.1, 0.15) is 5.56 Å². The Hall–Kier alpha value is -1.12. The first-order valence-corrected chi connectivity index (χ1v) is 3.20. The number of para-hydroxylation sites is 1. The average molecular weight is 131 g/mol. The van der Waals surface area contributed by atoms with E-state index in [1.807, 2.05) is 24.3 Å². The predicted molar refractivity (Wildman–Crippen MR) is 39.0 cm³/mol. The van der Waals surface area contributed by atoms with E-state index in [2.05, 4.69) is 4.90 Å². The van der Waals surface area contributed by atoms with Gasteiger partial charge in [-0.2, -0.15) is 0 Å². The van der Waals surface area contributed by atoms with E-state index in [0.717, 1.165) is 17.9 Å². The van der Waals surface area contributed by atoms with Crippen molar-refractivity contribution in [1.29, 1.82) is 0 Å². The van der Waals surface area contributed by atoms with E-state index in [9.17, 15) is 0 Å². The zero-order valence-electron chi connectivity index (χ0n) is 5.45. The summed E-state index contributed by atoms with van der Waals surface area (Å²) in [7, 11) is 1.49. The van der Waals surface area contributed by atoms with Gasteiger partial charge in [-0.15, -0.1) is 0 Å². The summed E-state index contributed by atoms with van der Waals surface area (Å²) in [6, 6.07) is 7.91. The molecule has 0 amide bonds. The summed E-state index contributed by atoms with van der Waals surface area (Å²) in [5.41, 5.74) is 1.16. The number of rotatable bonds is 0. The Bertz CT molecular complexity index is 245. The van der Waals surface area contributed by atoms with Crippen LogP contribution in [0.5, 0.6) is 5.75 Å². The number of hydrogen-bond donors (Lipinski definition) is 0. The third-order valence-electron chi connectivity index (χ3n) is 1.49. The zero-order chi connectivity index (χ0) is 6.81. The molecule has 0 aliphatic carbocycles. The Labute approximate surface area is 59.8 Å². The first kappa shape index (κ1) is 5.65. The fourth-order valence-corrected chi connectivity index (χ4v) is 0.979. The van der Waals surface area contributed by atoms with E-state index >= 15 is 0 Å². The maximum atomic E-state index is 5.13. The topological polar surface area (TPSA) is 21.6 Å². The molecule has 1 heterocycles. The number of nitrogens with zero attached hydrogens (tertiary/aromatic N) is 1. The van der Waals surface area contributed by atoms with Crippen molar-refractivity contribution < 1.29 is 4.65 Å².